The zero-order valence-electron chi connectivity index (χ0n) is 62.3. The molecule has 1 saturated carbocycles. The van der Waals surface area contributed by atoms with Crippen LogP contribution >= 0.6 is 58.0 Å². The number of benzene rings is 8. The number of aliphatic hydroxyl groups is 3. The molecule has 2 atom stereocenters. The number of aliphatic hydroxyl groups excluding tert-OH is 2. The molecular formula is C83H85Cl5F3N15O7. The summed E-state index contributed by atoms with van der Waals surface area (Å²) in [6, 6.07) is 38.5. The number of nitrogens with one attached hydrogen (secondary N) is 7. The highest BCUT2D eigenvalue weighted by Gasteiger charge is 2.35. The number of rotatable bonds is 12. The number of fused-ring (bicyclic) bond motifs is 6. The van der Waals surface area contributed by atoms with Crippen LogP contribution in [-0.4, -0.2) is 137 Å². The minimum Gasteiger partial charge on any atom is -0.406 e. The Labute approximate surface area is 673 Å². The Morgan fingerprint density at radius 3 is 1.59 bits per heavy atom. The van der Waals surface area contributed by atoms with Gasteiger partial charge in [-0.1, -0.05) is 146 Å². The van der Waals surface area contributed by atoms with E-state index < -0.39 is 24.2 Å². The van der Waals surface area contributed by atoms with Gasteiger partial charge >= 0.3 is 6.36 Å². The molecule has 6 aromatic heterocycles. The monoisotopic (exact) mass is 1640 g/mol. The normalized spacial score (nSPS) is 14.9. The van der Waals surface area contributed by atoms with Crippen molar-refractivity contribution in [2.45, 2.75) is 135 Å². The maximum Gasteiger partial charge on any atom is 0.573 e. The molecule has 3 aliphatic rings. The van der Waals surface area contributed by atoms with Crippen LogP contribution in [0.1, 0.15) is 160 Å². The molecule has 30 heteroatoms. The molecule has 22 nitrogen and oxygen atoms in total. The number of carbonyl (C=O) groups is 3. The summed E-state index contributed by atoms with van der Waals surface area (Å²) >= 11 is 30.4. The lowest BCUT2D eigenvalue weighted by atomic mass is 9.78. The largest absolute Gasteiger partial charge is 0.573 e. The number of aromatic amines is 6. The number of H-pyrrole nitrogens is 6. The highest BCUT2D eigenvalue weighted by atomic mass is 35.5. The molecule has 14 aromatic rings. The van der Waals surface area contributed by atoms with Crippen LogP contribution in [0, 0.1) is 5.92 Å². The number of hydrogen-bond acceptors (Lipinski definition) is 13. The highest BCUT2D eigenvalue weighted by molar-refractivity contribution is 6.33. The van der Waals surface area contributed by atoms with Gasteiger partial charge in [0.15, 0.2) is 0 Å². The molecule has 10 N–H and O–H groups in total. The van der Waals surface area contributed by atoms with E-state index in [0.29, 0.717) is 74.6 Å². The van der Waals surface area contributed by atoms with E-state index in [9.17, 15) is 42.9 Å². The van der Waals surface area contributed by atoms with Crippen molar-refractivity contribution in [3.8, 4) is 16.9 Å². The fourth-order valence-electron chi connectivity index (χ4n) is 14.6. The predicted molar refractivity (Wildman–Crippen MR) is 437 cm³/mol. The van der Waals surface area contributed by atoms with Gasteiger partial charge in [0, 0.05) is 110 Å². The van der Waals surface area contributed by atoms with E-state index in [2.05, 4.69) is 85.1 Å². The molecule has 3 amide bonds. The van der Waals surface area contributed by atoms with Gasteiger partial charge in [0.25, 0.3) is 5.91 Å². The standard InChI is InChI=1S/C16H14ClN3O.C15H16F3N3O2.C14H11ClN2O.C13H14ClN3O.C13H15ClN2O.C12H15ClN2O/c1-10(21)18-8-11-2-4-12(5-3-11)14-6-13(17)7-16-15(14)9-19-20-16;1-9(22)21-4-2-10(3-5-21)12-6-11(23-15(16,17)18)7-14-13(12)8-19-20-14;15-10-6-11(12-8-16-17-13(12)7-10)14(18)9-4-2-1-3-5-9;14-9-6-10(11-8-15-16-12(11)7-9)13(18)17-4-2-1-3-5-17;14-9-6-11(10-8-15-16-12(10)7-9)13(17)4-2-1-3-5-13;1-7(2)3-12(16)9-4-8(13)5-11-10(9)6-14-15-11/h2-7,9H,8H2,1H3,(H,18,21)(H,19,20);6-8,10H,2-5H2,1H3,(H,19,20);1-8,14,18H,(H,16,17);6-8H,1-5H2,(H,15,16);6-8,17H,1-5H2,(H,15,16);4-7,12,16H,3H2,1-2H3,(H,14,15). The molecule has 113 heavy (non-hydrogen) atoms. The SMILES string of the molecule is CC(=O)N1CCC(c2cc(OC(F)(F)F)cc3[nH]ncc23)CC1.CC(=O)NCc1ccc(-c2cc(Cl)cc3[nH]ncc23)cc1.CC(C)CC(O)c1cc(Cl)cc2[nH]ncc12.O=C(c1cc(Cl)cc2[nH]ncc12)N1CCCCC1.OC(c1ccccc1)c1cc(Cl)cc2[nH]ncc12.OC1(c2cc(Cl)cc3[nH]ncc23)CCCCC1. The number of likely N-dealkylation sites (tertiary alicyclic amines) is 2. The van der Waals surface area contributed by atoms with Gasteiger partial charge in [-0.2, -0.15) is 30.6 Å². The minimum atomic E-state index is -4.73. The summed E-state index contributed by atoms with van der Waals surface area (Å²) < 4.78 is 41.5. The third-order valence-electron chi connectivity index (χ3n) is 20.2. The second-order valence-corrected chi connectivity index (χ2v) is 30.9. The fraction of sp³-hybridized carbons (Fsp3) is 0.313. The summed E-state index contributed by atoms with van der Waals surface area (Å²) in [5, 5.41) is 83.7. The summed E-state index contributed by atoms with van der Waals surface area (Å²) in [7, 11) is 0. The number of halogens is 8. The van der Waals surface area contributed by atoms with E-state index in [0.717, 1.165) is 162 Å². The van der Waals surface area contributed by atoms with Gasteiger partial charge in [-0.25, -0.2) is 0 Å². The van der Waals surface area contributed by atoms with E-state index in [1.54, 1.807) is 66.3 Å². The van der Waals surface area contributed by atoms with Gasteiger partial charge in [-0.3, -0.25) is 45.0 Å². The van der Waals surface area contributed by atoms with Crippen molar-refractivity contribution in [1.29, 1.82) is 0 Å². The van der Waals surface area contributed by atoms with E-state index in [1.165, 1.54) is 38.8 Å². The third kappa shape index (κ3) is 21.0. The van der Waals surface area contributed by atoms with Crippen LogP contribution in [-0.2, 0) is 21.7 Å². The number of alkyl halides is 3. The van der Waals surface area contributed by atoms with Crippen molar-refractivity contribution in [3.63, 3.8) is 0 Å². The molecule has 8 aromatic carbocycles. The maximum atomic E-state index is 12.5. The zero-order chi connectivity index (χ0) is 80.1. The first-order valence-corrected chi connectivity index (χ1v) is 39.0. The van der Waals surface area contributed by atoms with Crippen molar-refractivity contribution in [1.82, 2.24) is 76.3 Å². The first-order valence-electron chi connectivity index (χ1n) is 37.1. The molecule has 3 fully saturated rings. The van der Waals surface area contributed by atoms with Crippen LogP contribution in [0.15, 0.2) is 165 Å². The first kappa shape index (κ1) is 82.4. The quantitative estimate of drug-likeness (QED) is 0.0545. The van der Waals surface area contributed by atoms with Crippen LogP contribution in [0.5, 0.6) is 5.75 Å². The minimum absolute atomic E-state index is 0.0195. The zero-order valence-corrected chi connectivity index (χ0v) is 66.1. The fourth-order valence-corrected chi connectivity index (χ4v) is 15.7. The summed E-state index contributed by atoms with van der Waals surface area (Å²) in [6.45, 7) is 10.6. The second-order valence-electron chi connectivity index (χ2n) is 28.7. The number of nitrogens with zero attached hydrogens (tertiary/aromatic N) is 8. The Bertz CT molecular complexity index is 5570. The van der Waals surface area contributed by atoms with Crippen LogP contribution in [0.25, 0.3) is 76.5 Å². The molecule has 0 bridgehead atoms. The maximum absolute atomic E-state index is 12.5. The van der Waals surface area contributed by atoms with Crippen molar-refractivity contribution >= 4 is 141 Å². The smallest absolute Gasteiger partial charge is 0.406 e. The molecule has 17 rings (SSSR count). The molecule has 590 valence electrons. The molecule has 1 aliphatic carbocycles. The lowest BCUT2D eigenvalue weighted by Gasteiger charge is -2.33. The Morgan fingerprint density at radius 2 is 1.03 bits per heavy atom. The first-order chi connectivity index (χ1) is 54.2. The number of piperidine rings is 2. The van der Waals surface area contributed by atoms with E-state index in [-0.39, 0.29) is 29.4 Å². The number of hydrogen-bond donors (Lipinski definition) is 10. The lowest BCUT2D eigenvalue weighted by Crippen LogP contribution is -2.36. The third-order valence-corrected chi connectivity index (χ3v) is 21.3. The van der Waals surface area contributed by atoms with Crippen LogP contribution in [0.2, 0.25) is 25.1 Å². The number of ether oxygens (including phenoxy) is 1. The molecule has 8 heterocycles. The average molecular weight is 1640 g/mol. The topological polar surface area (TPSA) is 312 Å². The van der Waals surface area contributed by atoms with Crippen LogP contribution in [0.4, 0.5) is 13.2 Å². The van der Waals surface area contributed by atoms with Gasteiger partial charge in [0.05, 0.1) is 87.5 Å². The van der Waals surface area contributed by atoms with Crippen molar-refractivity contribution in [2.24, 2.45) is 5.92 Å². The van der Waals surface area contributed by atoms with E-state index >= 15 is 0 Å². The number of amides is 3. The van der Waals surface area contributed by atoms with Gasteiger partial charge in [-0.05, 0) is 174 Å². The van der Waals surface area contributed by atoms with Crippen LogP contribution < -0.4 is 10.1 Å². The molecule has 2 saturated heterocycles. The second kappa shape index (κ2) is 37.2. The Morgan fingerprint density at radius 1 is 0.549 bits per heavy atom. The Hall–Kier alpha value is -10.1. The average Bonchev–Trinajstić information content (AvgIpc) is 1.75. The van der Waals surface area contributed by atoms with Crippen molar-refractivity contribution in [2.75, 3.05) is 26.2 Å². The molecule has 2 aliphatic heterocycles. The lowest BCUT2D eigenvalue weighted by molar-refractivity contribution is -0.274. The number of aromatic nitrogens is 12. The predicted octanol–water partition coefficient (Wildman–Crippen LogP) is 19.5. The van der Waals surface area contributed by atoms with Gasteiger partial charge in [0.2, 0.25) is 11.8 Å². The van der Waals surface area contributed by atoms with Crippen molar-refractivity contribution in [3.05, 3.63) is 229 Å². The molecule has 0 radical (unpaired) electrons. The van der Waals surface area contributed by atoms with Gasteiger partial charge in [-0.15, -0.1) is 13.2 Å². The number of carbonyl (C=O) groups excluding carboxylic acids is 3. The van der Waals surface area contributed by atoms with Crippen LogP contribution in [0.3, 0.4) is 0 Å². The Kier molecular flexibility index (Phi) is 27.2. The molecule has 0 spiro atoms. The highest BCUT2D eigenvalue weighted by Crippen LogP contribution is 2.43. The van der Waals surface area contributed by atoms with Gasteiger partial charge < -0.3 is 35.2 Å². The summed E-state index contributed by atoms with van der Waals surface area (Å²) in [5.41, 5.74) is 12.0. The molecular weight excluding hydrogens is 1550 g/mol. The summed E-state index contributed by atoms with van der Waals surface area (Å²) in [5.74, 6) is 0.306. The van der Waals surface area contributed by atoms with E-state index in [4.69, 9.17) is 58.0 Å². The summed E-state index contributed by atoms with van der Waals surface area (Å²) in [6.07, 6.45) is 14.9. The summed E-state index contributed by atoms with van der Waals surface area (Å²) in [4.78, 5) is 38.5. The van der Waals surface area contributed by atoms with E-state index in [1.807, 2.05) is 95.9 Å². The van der Waals surface area contributed by atoms with Gasteiger partial charge in [0.1, 0.15) is 11.9 Å². The molecule has 2 unspecified atom stereocenters. The Balaban J connectivity index is 0.000000126. The van der Waals surface area contributed by atoms with Crippen molar-refractivity contribution < 1.29 is 47.6 Å².